The first-order valence-electron chi connectivity index (χ1n) is 8.26. The molecular formula is C18H27NO. The summed E-state index contributed by atoms with van der Waals surface area (Å²) in [6.07, 6.45) is 8.46. The molecule has 0 amide bonds. The van der Waals surface area contributed by atoms with E-state index >= 15 is 0 Å². The maximum Gasteiger partial charge on any atom is 0.0733 e. The van der Waals surface area contributed by atoms with Crippen molar-refractivity contribution >= 4 is 0 Å². The number of nitrogens with one attached hydrogen (secondary N) is 1. The van der Waals surface area contributed by atoms with Crippen LogP contribution < -0.4 is 5.32 Å². The molecule has 2 fully saturated rings. The van der Waals surface area contributed by atoms with Gasteiger partial charge in [0.2, 0.25) is 0 Å². The summed E-state index contributed by atoms with van der Waals surface area (Å²) in [4.78, 5) is 0. The second-order valence-electron chi connectivity index (χ2n) is 6.45. The van der Waals surface area contributed by atoms with Gasteiger partial charge in [-0.3, -0.25) is 0 Å². The minimum atomic E-state index is 0.420. The zero-order valence-corrected chi connectivity index (χ0v) is 12.8. The Kier molecular flexibility index (Phi) is 4.42. The number of ether oxygens (including phenoxy) is 1. The largest absolute Gasteiger partial charge is 0.373 e. The Morgan fingerprint density at radius 3 is 2.65 bits per heavy atom. The molecule has 110 valence electrons. The van der Waals surface area contributed by atoms with Crippen molar-refractivity contribution in [2.75, 3.05) is 0 Å². The molecule has 0 saturated carbocycles. The van der Waals surface area contributed by atoms with Gasteiger partial charge in [0.15, 0.2) is 0 Å². The first kappa shape index (κ1) is 14.1. The number of unbranched alkanes of at least 4 members (excludes halogenated alkanes) is 1. The van der Waals surface area contributed by atoms with Crippen molar-refractivity contribution in [2.45, 2.75) is 76.7 Å². The van der Waals surface area contributed by atoms with Crippen LogP contribution in [0.15, 0.2) is 24.3 Å². The van der Waals surface area contributed by atoms with Crippen LogP contribution >= 0.6 is 0 Å². The molecule has 3 rings (SSSR count). The molecule has 2 aliphatic heterocycles. The first-order chi connectivity index (χ1) is 9.76. The summed E-state index contributed by atoms with van der Waals surface area (Å²) in [7, 11) is 0. The minimum Gasteiger partial charge on any atom is -0.373 e. The van der Waals surface area contributed by atoms with Crippen LogP contribution in [0.5, 0.6) is 0 Å². The number of benzene rings is 1. The predicted octanol–water partition coefficient (Wildman–Crippen LogP) is 4.00. The number of hydrogen-bond acceptors (Lipinski definition) is 2. The van der Waals surface area contributed by atoms with Crippen molar-refractivity contribution < 1.29 is 4.74 Å². The number of hydrogen-bond donors (Lipinski definition) is 1. The summed E-state index contributed by atoms with van der Waals surface area (Å²) in [5.41, 5.74) is 2.86. The maximum atomic E-state index is 5.92. The number of rotatable bonds is 6. The van der Waals surface area contributed by atoms with Crippen LogP contribution in [-0.2, 0) is 11.2 Å². The molecule has 1 aromatic carbocycles. The van der Waals surface area contributed by atoms with E-state index in [1.165, 1.54) is 49.7 Å². The van der Waals surface area contributed by atoms with Gasteiger partial charge in [0.25, 0.3) is 0 Å². The summed E-state index contributed by atoms with van der Waals surface area (Å²) < 4.78 is 5.92. The predicted molar refractivity (Wildman–Crippen MR) is 82.9 cm³/mol. The molecule has 2 bridgehead atoms. The van der Waals surface area contributed by atoms with Gasteiger partial charge in [-0.2, -0.15) is 0 Å². The molecule has 1 N–H and O–H groups in total. The van der Waals surface area contributed by atoms with Crippen LogP contribution in [0.3, 0.4) is 0 Å². The van der Waals surface area contributed by atoms with Gasteiger partial charge in [0.1, 0.15) is 0 Å². The molecule has 2 heteroatoms. The van der Waals surface area contributed by atoms with Crippen molar-refractivity contribution in [3.05, 3.63) is 35.4 Å². The van der Waals surface area contributed by atoms with E-state index in [0.717, 1.165) is 0 Å². The molecule has 0 aromatic heterocycles. The van der Waals surface area contributed by atoms with Crippen molar-refractivity contribution in [3.8, 4) is 0 Å². The first-order valence-corrected chi connectivity index (χ1v) is 8.26. The average molecular weight is 273 g/mol. The van der Waals surface area contributed by atoms with Gasteiger partial charge in [-0.25, -0.2) is 0 Å². The molecule has 20 heavy (non-hydrogen) atoms. The quantitative estimate of drug-likeness (QED) is 0.846. The molecule has 2 aliphatic rings. The fourth-order valence-corrected chi connectivity index (χ4v) is 3.58. The highest BCUT2D eigenvalue weighted by Crippen LogP contribution is 2.35. The Bertz CT molecular complexity index is 428. The molecule has 2 nitrogen and oxygen atoms in total. The third kappa shape index (κ3) is 3.07. The lowest BCUT2D eigenvalue weighted by atomic mass is 9.94. The third-order valence-corrected chi connectivity index (χ3v) is 4.87. The zero-order valence-electron chi connectivity index (χ0n) is 12.8. The van der Waals surface area contributed by atoms with Crippen LogP contribution in [0.1, 0.15) is 63.1 Å². The van der Waals surface area contributed by atoms with E-state index in [0.29, 0.717) is 24.3 Å². The van der Waals surface area contributed by atoms with Crippen molar-refractivity contribution in [3.63, 3.8) is 0 Å². The Balaban J connectivity index is 1.55. The maximum absolute atomic E-state index is 5.92. The van der Waals surface area contributed by atoms with E-state index in [1.54, 1.807) is 0 Å². The molecular weight excluding hydrogens is 246 g/mol. The van der Waals surface area contributed by atoms with Crippen LogP contribution in [0.4, 0.5) is 0 Å². The summed E-state index contributed by atoms with van der Waals surface area (Å²) >= 11 is 0. The smallest absolute Gasteiger partial charge is 0.0733 e. The van der Waals surface area contributed by atoms with Gasteiger partial charge in [-0.15, -0.1) is 0 Å². The van der Waals surface area contributed by atoms with E-state index in [4.69, 9.17) is 4.74 Å². The molecule has 1 aromatic rings. The topological polar surface area (TPSA) is 21.3 Å². The number of aryl methyl sites for hydroxylation is 1. The molecule has 0 spiro atoms. The fourth-order valence-electron chi connectivity index (χ4n) is 3.58. The van der Waals surface area contributed by atoms with Crippen LogP contribution in [0, 0.1) is 0 Å². The zero-order chi connectivity index (χ0) is 13.9. The van der Waals surface area contributed by atoms with E-state index in [2.05, 4.69) is 43.4 Å². The molecule has 2 saturated heterocycles. The van der Waals surface area contributed by atoms with Gasteiger partial charge < -0.3 is 10.1 Å². The number of fused-ring (bicyclic) bond motifs is 2. The summed E-state index contributed by atoms with van der Waals surface area (Å²) in [6.45, 7) is 4.52. The van der Waals surface area contributed by atoms with Gasteiger partial charge in [-0.1, -0.05) is 37.6 Å². The Morgan fingerprint density at radius 2 is 2.05 bits per heavy atom. The minimum absolute atomic E-state index is 0.420. The highest BCUT2D eigenvalue weighted by molar-refractivity contribution is 5.25. The highest BCUT2D eigenvalue weighted by atomic mass is 16.5. The molecule has 4 atom stereocenters. The average Bonchev–Trinajstić information content (AvgIpc) is 3.08. The lowest BCUT2D eigenvalue weighted by molar-refractivity contribution is 0.0962. The summed E-state index contributed by atoms with van der Waals surface area (Å²) in [5, 5.41) is 3.76. The van der Waals surface area contributed by atoms with E-state index in [9.17, 15) is 0 Å². The van der Waals surface area contributed by atoms with Gasteiger partial charge in [0, 0.05) is 12.1 Å². The monoisotopic (exact) mass is 273 g/mol. The van der Waals surface area contributed by atoms with E-state index in [1.807, 2.05) is 0 Å². The second-order valence-corrected chi connectivity index (χ2v) is 6.45. The summed E-state index contributed by atoms with van der Waals surface area (Å²) in [5.74, 6) is 0. The lowest BCUT2D eigenvalue weighted by Crippen LogP contribution is -2.38. The lowest BCUT2D eigenvalue weighted by Gasteiger charge is -2.25. The molecule has 2 heterocycles. The standard InChI is InChI=1S/C18H27NO/c1-3-4-5-14-6-8-15(9-7-14)13(2)19-17-12-16-10-11-18(17)20-16/h6-9,13,16-19H,3-5,10-12H2,1-2H3. The van der Waals surface area contributed by atoms with E-state index in [-0.39, 0.29) is 0 Å². The highest BCUT2D eigenvalue weighted by Gasteiger charge is 2.40. The Morgan fingerprint density at radius 1 is 1.25 bits per heavy atom. The van der Waals surface area contributed by atoms with Gasteiger partial charge in [0.05, 0.1) is 12.2 Å². The Hall–Kier alpha value is -0.860. The van der Waals surface area contributed by atoms with Crippen molar-refractivity contribution in [2.24, 2.45) is 0 Å². The molecule has 4 unspecified atom stereocenters. The normalized spacial score (nSPS) is 29.8. The van der Waals surface area contributed by atoms with Crippen LogP contribution in [0.2, 0.25) is 0 Å². The molecule has 0 aliphatic carbocycles. The second kappa shape index (κ2) is 6.28. The van der Waals surface area contributed by atoms with Gasteiger partial charge in [-0.05, 0) is 50.2 Å². The van der Waals surface area contributed by atoms with Crippen LogP contribution in [0.25, 0.3) is 0 Å². The third-order valence-electron chi connectivity index (χ3n) is 4.87. The van der Waals surface area contributed by atoms with Crippen molar-refractivity contribution in [1.82, 2.24) is 5.32 Å². The summed E-state index contributed by atoms with van der Waals surface area (Å²) in [6, 6.07) is 10.1. The van der Waals surface area contributed by atoms with Gasteiger partial charge >= 0.3 is 0 Å². The van der Waals surface area contributed by atoms with Crippen LogP contribution in [-0.4, -0.2) is 18.2 Å². The Labute approximate surface area is 122 Å². The van der Waals surface area contributed by atoms with Crippen molar-refractivity contribution in [1.29, 1.82) is 0 Å². The molecule has 0 radical (unpaired) electrons. The fraction of sp³-hybridized carbons (Fsp3) is 0.667. The van der Waals surface area contributed by atoms with E-state index < -0.39 is 0 Å². The SMILES string of the molecule is CCCCc1ccc(C(C)NC2CC3CCC2O3)cc1.